The molecule has 21 heavy (non-hydrogen) atoms. The molecule has 2 heterocycles. The molecule has 1 aliphatic heterocycles. The maximum absolute atomic E-state index is 12.3. The first-order chi connectivity index (χ1) is 9.93. The standard InChI is InChI=1S/C15H26N4OS/c1-4-15(2,3)10-17-13(20)11-12(16)18-14(21-11)19-8-6-5-7-9-19/h4-10,16H2,1-3H3,(H,17,20). The van der Waals surface area contributed by atoms with Gasteiger partial charge in [0.25, 0.3) is 5.91 Å². The fourth-order valence-corrected chi connectivity index (χ4v) is 3.18. The summed E-state index contributed by atoms with van der Waals surface area (Å²) in [7, 11) is 0. The van der Waals surface area contributed by atoms with Crippen LogP contribution in [0.1, 0.15) is 56.1 Å². The van der Waals surface area contributed by atoms with E-state index in [0.717, 1.165) is 24.6 Å². The molecule has 0 unspecified atom stereocenters. The van der Waals surface area contributed by atoms with Crippen LogP contribution in [0, 0.1) is 5.41 Å². The Morgan fingerprint density at radius 2 is 2.05 bits per heavy atom. The summed E-state index contributed by atoms with van der Waals surface area (Å²) in [5.74, 6) is 0.252. The molecule has 0 atom stereocenters. The van der Waals surface area contributed by atoms with E-state index < -0.39 is 0 Å². The van der Waals surface area contributed by atoms with Crippen LogP contribution in [0.15, 0.2) is 0 Å². The van der Waals surface area contributed by atoms with Crippen molar-refractivity contribution >= 4 is 28.2 Å². The predicted molar refractivity (Wildman–Crippen MR) is 89.0 cm³/mol. The monoisotopic (exact) mass is 310 g/mol. The molecular weight excluding hydrogens is 284 g/mol. The molecule has 0 saturated carbocycles. The summed E-state index contributed by atoms with van der Waals surface area (Å²) in [6.45, 7) is 9.08. The second-order valence-electron chi connectivity index (χ2n) is 6.46. The highest BCUT2D eigenvalue weighted by Crippen LogP contribution is 2.30. The molecule has 1 saturated heterocycles. The molecule has 1 fully saturated rings. The van der Waals surface area contributed by atoms with Gasteiger partial charge in [-0.05, 0) is 31.1 Å². The van der Waals surface area contributed by atoms with Crippen LogP contribution in [0.4, 0.5) is 10.9 Å². The number of rotatable bonds is 5. The van der Waals surface area contributed by atoms with E-state index in [1.807, 2.05) is 0 Å². The van der Waals surface area contributed by atoms with Crippen LogP contribution in [0.5, 0.6) is 0 Å². The van der Waals surface area contributed by atoms with Crippen molar-refractivity contribution in [3.05, 3.63) is 4.88 Å². The van der Waals surface area contributed by atoms with Crippen molar-refractivity contribution in [3.63, 3.8) is 0 Å². The minimum atomic E-state index is -0.102. The number of anilines is 2. The highest BCUT2D eigenvalue weighted by atomic mass is 32.1. The van der Waals surface area contributed by atoms with Gasteiger partial charge in [0.2, 0.25) is 0 Å². The van der Waals surface area contributed by atoms with Gasteiger partial charge in [-0.25, -0.2) is 4.98 Å². The number of nitrogens with one attached hydrogen (secondary N) is 1. The van der Waals surface area contributed by atoms with Crippen LogP contribution in [0.2, 0.25) is 0 Å². The van der Waals surface area contributed by atoms with Crippen molar-refractivity contribution in [1.29, 1.82) is 0 Å². The minimum absolute atomic E-state index is 0.102. The van der Waals surface area contributed by atoms with E-state index in [1.165, 1.54) is 30.6 Å². The lowest BCUT2D eigenvalue weighted by molar-refractivity contribution is 0.0940. The number of hydrogen-bond acceptors (Lipinski definition) is 5. The number of nitrogen functional groups attached to an aromatic ring is 1. The van der Waals surface area contributed by atoms with Gasteiger partial charge in [-0.2, -0.15) is 0 Å². The molecule has 1 aliphatic rings. The number of aromatic nitrogens is 1. The van der Waals surface area contributed by atoms with Crippen LogP contribution < -0.4 is 16.0 Å². The first-order valence-corrected chi connectivity index (χ1v) is 8.54. The summed E-state index contributed by atoms with van der Waals surface area (Å²) in [6.07, 6.45) is 4.67. The fraction of sp³-hybridized carbons (Fsp3) is 0.733. The summed E-state index contributed by atoms with van der Waals surface area (Å²) in [4.78, 5) is 19.4. The van der Waals surface area contributed by atoms with E-state index in [4.69, 9.17) is 5.73 Å². The Kier molecular flexibility index (Phi) is 5.08. The Morgan fingerprint density at radius 1 is 1.38 bits per heavy atom. The number of thiazole rings is 1. The van der Waals surface area contributed by atoms with Crippen LogP contribution >= 0.6 is 11.3 Å². The molecule has 0 radical (unpaired) electrons. The number of piperidine rings is 1. The molecule has 2 rings (SSSR count). The molecule has 1 amide bonds. The van der Waals surface area contributed by atoms with Gasteiger partial charge >= 0.3 is 0 Å². The van der Waals surface area contributed by atoms with Gasteiger partial charge < -0.3 is 16.0 Å². The predicted octanol–water partition coefficient (Wildman–Crippen LogP) is 2.88. The lowest BCUT2D eigenvalue weighted by atomic mass is 9.90. The number of nitrogens with two attached hydrogens (primary N) is 1. The van der Waals surface area contributed by atoms with Crippen molar-refractivity contribution in [2.45, 2.75) is 46.5 Å². The molecule has 1 aromatic rings. The smallest absolute Gasteiger partial charge is 0.265 e. The molecule has 0 aromatic carbocycles. The molecule has 0 aliphatic carbocycles. The van der Waals surface area contributed by atoms with E-state index in [0.29, 0.717) is 17.2 Å². The van der Waals surface area contributed by atoms with Gasteiger partial charge in [0.15, 0.2) is 5.13 Å². The zero-order valence-electron chi connectivity index (χ0n) is 13.2. The van der Waals surface area contributed by atoms with Crippen LogP contribution in [-0.4, -0.2) is 30.5 Å². The zero-order valence-corrected chi connectivity index (χ0v) is 14.1. The van der Waals surface area contributed by atoms with Gasteiger partial charge in [0.1, 0.15) is 10.7 Å². The Morgan fingerprint density at radius 3 is 2.67 bits per heavy atom. The number of amides is 1. The second kappa shape index (κ2) is 6.64. The first kappa shape index (κ1) is 16.1. The maximum atomic E-state index is 12.3. The van der Waals surface area contributed by atoms with Crippen LogP contribution in [-0.2, 0) is 0 Å². The lowest BCUT2D eigenvalue weighted by Gasteiger charge is -2.25. The first-order valence-electron chi connectivity index (χ1n) is 7.72. The van der Waals surface area contributed by atoms with Crippen molar-refractivity contribution in [2.24, 2.45) is 5.41 Å². The molecule has 0 bridgehead atoms. The average Bonchev–Trinajstić information content (AvgIpc) is 2.88. The Balaban J connectivity index is 2.02. The molecule has 5 nitrogen and oxygen atoms in total. The third-order valence-corrected chi connectivity index (χ3v) is 5.29. The third kappa shape index (κ3) is 4.09. The Labute approximate surface area is 130 Å². The zero-order chi connectivity index (χ0) is 15.5. The van der Waals surface area contributed by atoms with Crippen LogP contribution in [0.25, 0.3) is 0 Å². The summed E-state index contributed by atoms with van der Waals surface area (Å²) in [5, 5.41) is 3.86. The van der Waals surface area contributed by atoms with Gasteiger partial charge in [-0.3, -0.25) is 4.79 Å². The van der Waals surface area contributed by atoms with Gasteiger partial charge in [-0.1, -0.05) is 32.1 Å². The normalized spacial score (nSPS) is 16.0. The fourth-order valence-electron chi connectivity index (χ4n) is 2.23. The minimum Gasteiger partial charge on any atom is -0.382 e. The van der Waals surface area contributed by atoms with Gasteiger partial charge in [0, 0.05) is 19.6 Å². The van der Waals surface area contributed by atoms with Gasteiger partial charge in [-0.15, -0.1) is 0 Å². The highest BCUT2D eigenvalue weighted by molar-refractivity contribution is 7.18. The number of nitrogens with zero attached hydrogens (tertiary/aromatic N) is 2. The average molecular weight is 310 g/mol. The lowest BCUT2D eigenvalue weighted by Crippen LogP contribution is -2.33. The van der Waals surface area contributed by atoms with Gasteiger partial charge in [0.05, 0.1) is 0 Å². The molecule has 1 aromatic heterocycles. The van der Waals surface area contributed by atoms with Crippen molar-refractivity contribution < 1.29 is 4.79 Å². The topological polar surface area (TPSA) is 71.2 Å². The third-order valence-electron chi connectivity index (χ3n) is 4.16. The van der Waals surface area contributed by atoms with E-state index in [1.54, 1.807) is 0 Å². The summed E-state index contributed by atoms with van der Waals surface area (Å²) in [5.41, 5.74) is 6.03. The summed E-state index contributed by atoms with van der Waals surface area (Å²) in [6, 6.07) is 0. The summed E-state index contributed by atoms with van der Waals surface area (Å²) < 4.78 is 0. The SMILES string of the molecule is CCC(C)(C)CNC(=O)c1sc(N2CCCCC2)nc1N. The van der Waals surface area contributed by atoms with Crippen molar-refractivity contribution in [3.8, 4) is 0 Å². The van der Waals surface area contributed by atoms with E-state index >= 15 is 0 Å². The highest BCUT2D eigenvalue weighted by Gasteiger charge is 2.22. The number of carbonyl (C=O) groups is 1. The van der Waals surface area contributed by atoms with E-state index in [9.17, 15) is 4.79 Å². The number of hydrogen-bond donors (Lipinski definition) is 2. The molecule has 3 N–H and O–H groups in total. The second-order valence-corrected chi connectivity index (χ2v) is 7.44. The quantitative estimate of drug-likeness (QED) is 0.877. The van der Waals surface area contributed by atoms with Crippen molar-refractivity contribution in [2.75, 3.05) is 30.3 Å². The van der Waals surface area contributed by atoms with Crippen LogP contribution in [0.3, 0.4) is 0 Å². The number of carbonyl (C=O) groups excluding carboxylic acids is 1. The maximum Gasteiger partial charge on any atom is 0.265 e. The Bertz CT molecular complexity index is 492. The van der Waals surface area contributed by atoms with Crippen molar-refractivity contribution in [1.82, 2.24) is 10.3 Å². The molecule has 6 heteroatoms. The van der Waals surface area contributed by atoms with E-state index in [2.05, 4.69) is 36.0 Å². The molecule has 0 spiro atoms. The summed E-state index contributed by atoms with van der Waals surface area (Å²) >= 11 is 1.41. The Hall–Kier alpha value is -1.30. The van der Waals surface area contributed by atoms with E-state index in [-0.39, 0.29) is 11.3 Å². The largest absolute Gasteiger partial charge is 0.382 e. The molecule has 118 valence electrons. The molecular formula is C15H26N4OS.